The van der Waals surface area contributed by atoms with Crippen LogP contribution >= 0.6 is 0 Å². The number of amides is 2. The van der Waals surface area contributed by atoms with Gasteiger partial charge in [0, 0.05) is 25.2 Å². The predicted octanol–water partition coefficient (Wildman–Crippen LogP) is 4.42. The second kappa shape index (κ2) is 7.66. The minimum Gasteiger partial charge on any atom is -0.312 e. The molecule has 0 saturated carbocycles. The highest BCUT2D eigenvalue weighted by Gasteiger charge is 2.41. The molecule has 1 unspecified atom stereocenters. The molecule has 1 aliphatic heterocycles. The lowest BCUT2D eigenvalue weighted by Crippen LogP contribution is -2.37. The largest absolute Gasteiger partial charge is 0.418 e. The Hall–Kier alpha value is -2.83. The molecule has 148 valence electrons. The maximum atomic E-state index is 13.3. The SMILES string of the molecule is CCN(C(=O)C1CC(=O)N(c2ccccc2C(F)(F)F)C1)c1cccc(C)c1. The molecule has 0 aromatic heterocycles. The molecule has 0 bridgehead atoms. The molecule has 0 spiro atoms. The van der Waals surface area contributed by atoms with Gasteiger partial charge in [-0.3, -0.25) is 9.59 Å². The molecule has 4 nitrogen and oxygen atoms in total. The third-order valence-electron chi connectivity index (χ3n) is 4.87. The fraction of sp³-hybridized carbons (Fsp3) is 0.333. The van der Waals surface area contributed by atoms with Gasteiger partial charge in [0.1, 0.15) is 0 Å². The van der Waals surface area contributed by atoms with E-state index in [0.717, 1.165) is 16.5 Å². The summed E-state index contributed by atoms with van der Waals surface area (Å²) in [5.74, 6) is -1.42. The lowest BCUT2D eigenvalue weighted by molar-refractivity contribution is -0.137. The van der Waals surface area contributed by atoms with Crippen LogP contribution in [0, 0.1) is 12.8 Å². The first-order valence-corrected chi connectivity index (χ1v) is 9.07. The van der Waals surface area contributed by atoms with E-state index >= 15 is 0 Å². The van der Waals surface area contributed by atoms with E-state index in [-0.39, 0.29) is 24.6 Å². The van der Waals surface area contributed by atoms with E-state index in [0.29, 0.717) is 12.2 Å². The van der Waals surface area contributed by atoms with Crippen LogP contribution in [-0.4, -0.2) is 24.9 Å². The summed E-state index contributed by atoms with van der Waals surface area (Å²) < 4.78 is 39.9. The molecule has 2 aromatic rings. The molecule has 2 amide bonds. The van der Waals surface area contributed by atoms with Crippen molar-refractivity contribution in [2.75, 3.05) is 22.9 Å². The van der Waals surface area contributed by atoms with Crippen LogP contribution in [-0.2, 0) is 15.8 Å². The normalized spacial score (nSPS) is 17.1. The number of carbonyl (C=O) groups is 2. The molecule has 2 aromatic carbocycles. The Morgan fingerprint density at radius 2 is 1.89 bits per heavy atom. The third kappa shape index (κ3) is 3.88. The summed E-state index contributed by atoms with van der Waals surface area (Å²) in [4.78, 5) is 28.1. The number of aryl methyl sites for hydroxylation is 1. The summed E-state index contributed by atoms with van der Waals surface area (Å²) in [5, 5.41) is 0. The molecule has 1 aliphatic rings. The first-order chi connectivity index (χ1) is 13.2. The minimum atomic E-state index is -4.57. The van der Waals surface area contributed by atoms with Gasteiger partial charge in [-0.25, -0.2) is 0 Å². The van der Waals surface area contributed by atoms with Gasteiger partial charge < -0.3 is 9.80 Å². The predicted molar refractivity (Wildman–Crippen MR) is 101 cm³/mol. The van der Waals surface area contributed by atoms with Crippen molar-refractivity contribution < 1.29 is 22.8 Å². The Balaban J connectivity index is 1.86. The average Bonchev–Trinajstić information content (AvgIpc) is 3.03. The fourth-order valence-corrected chi connectivity index (χ4v) is 3.54. The fourth-order valence-electron chi connectivity index (χ4n) is 3.54. The Morgan fingerprint density at radius 1 is 1.18 bits per heavy atom. The zero-order valence-corrected chi connectivity index (χ0v) is 15.7. The van der Waals surface area contributed by atoms with Crippen molar-refractivity contribution in [3.63, 3.8) is 0 Å². The number of anilines is 2. The van der Waals surface area contributed by atoms with E-state index in [9.17, 15) is 22.8 Å². The number of halogens is 3. The van der Waals surface area contributed by atoms with Gasteiger partial charge >= 0.3 is 6.18 Å². The molecule has 0 aliphatic carbocycles. The summed E-state index contributed by atoms with van der Waals surface area (Å²) >= 11 is 0. The van der Waals surface area contributed by atoms with E-state index in [1.165, 1.54) is 18.2 Å². The molecule has 3 rings (SSSR count). The van der Waals surface area contributed by atoms with Crippen LogP contribution in [0.5, 0.6) is 0 Å². The highest BCUT2D eigenvalue weighted by Crippen LogP contribution is 2.38. The summed E-state index contributed by atoms with van der Waals surface area (Å²) in [6.07, 6.45) is -4.68. The van der Waals surface area contributed by atoms with Gasteiger partial charge in [-0.2, -0.15) is 13.2 Å². The Morgan fingerprint density at radius 3 is 2.54 bits per heavy atom. The lowest BCUT2D eigenvalue weighted by atomic mass is 10.1. The lowest BCUT2D eigenvalue weighted by Gasteiger charge is -2.25. The average molecular weight is 390 g/mol. The highest BCUT2D eigenvalue weighted by molar-refractivity contribution is 6.04. The number of hydrogen-bond acceptors (Lipinski definition) is 2. The van der Waals surface area contributed by atoms with Crippen LogP contribution in [0.15, 0.2) is 48.5 Å². The van der Waals surface area contributed by atoms with Gasteiger partial charge in [0.05, 0.1) is 17.2 Å². The molecule has 0 radical (unpaired) electrons. The van der Waals surface area contributed by atoms with Crippen LogP contribution in [0.3, 0.4) is 0 Å². The van der Waals surface area contributed by atoms with E-state index in [1.807, 2.05) is 38.1 Å². The second-order valence-electron chi connectivity index (χ2n) is 6.84. The number of para-hydroxylation sites is 1. The van der Waals surface area contributed by atoms with Crippen molar-refractivity contribution in [1.29, 1.82) is 0 Å². The summed E-state index contributed by atoms with van der Waals surface area (Å²) in [6.45, 7) is 4.09. The Bertz CT molecular complexity index is 895. The third-order valence-corrected chi connectivity index (χ3v) is 4.87. The van der Waals surface area contributed by atoms with Gasteiger partial charge in [0.15, 0.2) is 0 Å². The van der Waals surface area contributed by atoms with Crippen LogP contribution in [0.2, 0.25) is 0 Å². The zero-order chi connectivity index (χ0) is 20.5. The zero-order valence-electron chi connectivity index (χ0n) is 15.7. The van der Waals surface area contributed by atoms with Crippen LogP contribution in [0.4, 0.5) is 24.5 Å². The smallest absolute Gasteiger partial charge is 0.312 e. The standard InChI is InChI=1S/C21H21F3N2O2/c1-3-25(16-8-6-7-14(2)11-16)20(28)15-12-19(27)26(13-15)18-10-5-4-9-17(18)21(22,23)24/h4-11,15H,3,12-13H2,1-2H3. The van der Waals surface area contributed by atoms with E-state index < -0.39 is 23.6 Å². The van der Waals surface area contributed by atoms with Crippen LogP contribution in [0.25, 0.3) is 0 Å². The van der Waals surface area contributed by atoms with Crippen molar-refractivity contribution in [2.24, 2.45) is 5.92 Å². The maximum absolute atomic E-state index is 13.3. The first-order valence-electron chi connectivity index (χ1n) is 9.07. The van der Waals surface area contributed by atoms with Crippen molar-refractivity contribution in [2.45, 2.75) is 26.4 Å². The number of alkyl halides is 3. The van der Waals surface area contributed by atoms with E-state index in [4.69, 9.17) is 0 Å². The molecular formula is C21H21F3N2O2. The van der Waals surface area contributed by atoms with E-state index in [2.05, 4.69) is 0 Å². The first kappa shape index (κ1) is 19.9. The number of hydrogen-bond donors (Lipinski definition) is 0. The number of benzene rings is 2. The molecular weight excluding hydrogens is 369 g/mol. The van der Waals surface area contributed by atoms with Gasteiger partial charge in [-0.05, 0) is 43.7 Å². The van der Waals surface area contributed by atoms with Crippen molar-refractivity contribution in [1.82, 2.24) is 0 Å². The van der Waals surface area contributed by atoms with Crippen LogP contribution in [0.1, 0.15) is 24.5 Å². The van der Waals surface area contributed by atoms with Gasteiger partial charge in [-0.1, -0.05) is 24.3 Å². The molecule has 1 heterocycles. The summed E-state index contributed by atoms with van der Waals surface area (Å²) in [6, 6.07) is 12.4. The molecule has 7 heteroatoms. The monoisotopic (exact) mass is 390 g/mol. The summed E-state index contributed by atoms with van der Waals surface area (Å²) in [5.41, 5.74) is 0.637. The minimum absolute atomic E-state index is 0.0624. The van der Waals surface area contributed by atoms with Gasteiger partial charge in [0.2, 0.25) is 11.8 Å². The summed E-state index contributed by atoms with van der Waals surface area (Å²) in [7, 11) is 0. The molecule has 1 fully saturated rings. The molecule has 0 N–H and O–H groups in total. The second-order valence-corrected chi connectivity index (χ2v) is 6.84. The van der Waals surface area contributed by atoms with Crippen LogP contribution < -0.4 is 9.80 Å². The number of carbonyl (C=O) groups excluding carboxylic acids is 2. The van der Waals surface area contributed by atoms with Crippen molar-refractivity contribution in [3.8, 4) is 0 Å². The molecule has 1 saturated heterocycles. The Labute approximate surface area is 161 Å². The maximum Gasteiger partial charge on any atom is 0.418 e. The van der Waals surface area contributed by atoms with Gasteiger partial charge in [-0.15, -0.1) is 0 Å². The quantitative estimate of drug-likeness (QED) is 0.775. The van der Waals surface area contributed by atoms with Gasteiger partial charge in [0.25, 0.3) is 0 Å². The van der Waals surface area contributed by atoms with Crippen molar-refractivity contribution in [3.05, 3.63) is 59.7 Å². The molecule has 28 heavy (non-hydrogen) atoms. The van der Waals surface area contributed by atoms with E-state index in [1.54, 1.807) is 4.90 Å². The topological polar surface area (TPSA) is 40.6 Å². The number of rotatable bonds is 4. The highest BCUT2D eigenvalue weighted by atomic mass is 19.4. The Kier molecular flexibility index (Phi) is 5.45. The molecule has 1 atom stereocenters. The van der Waals surface area contributed by atoms with Crippen molar-refractivity contribution >= 4 is 23.2 Å². The number of nitrogens with zero attached hydrogens (tertiary/aromatic N) is 2.